The van der Waals surface area contributed by atoms with E-state index in [1.807, 2.05) is 18.2 Å². The van der Waals surface area contributed by atoms with Gasteiger partial charge in [0.2, 0.25) is 5.43 Å². The molecule has 0 saturated heterocycles. The Labute approximate surface area is 176 Å². The van der Waals surface area contributed by atoms with Crippen molar-refractivity contribution in [3.63, 3.8) is 0 Å². The maximum absolute atomic E-state index is 13.5. The summed E-state index contributed by atoms with van der Waals surface area (Å²) >= 11 is 0. The minimum atomic E-state index is -3.09. The third-order valence-corrected chi connectivity index (χ3v) is 6.16. The number of rotatable bonds is 5. The minimum Gasteiger partial charge on any atom is -0.477 e. The van der Waals surface area contributed by atoms with Crippen LogP contribution >= 0.6 is 0 Å². The van der Waals surface area contributed by atoms with Crippen LogP contribution in [0.1, 0.15) is 53.3 Å². The molecule has 0 unspecified atom stereocenters. The van der Waals surface area contributed by atoms with E-state index >= 15 is 0 Å². The number of halogens is 2. The molecular formula is C23H21F2N2O4+. The number of pyridine rings is 1. The maximum atomic E-state index is 13.5. The Morgan fingerprint density at radius 2 is 2.03 bits per heavy atom. The van der Waals surface area contributed by atoms with Gasteiger partial charge in [0.15, 0.2) is 5.75 Å². The summed E-state index contributed by atoms with van der Waals surface area (Å²) in [5.74, 6) is -1.44. The third-order valence-electron chi connectivity index (χ3n) is 6.16. The lowest BCUT2D eigenvalue weighted by atomic mass is 9.96. The fraction of sp³-hybridized carbons (Fsp3) is 0.304. The zero-order chi connectivity index (χ0) is 21.9. The number of alkyl halides is 2. The minimum absolute atomic E-state index is 0.0491. The van der Waals surface area contributed by atoms with Gasteiger partial charge in [-0.15, -0.1) is 0 Å². The highest BCUT2D eigenvalue weighted by atomic mass is 19.3. The molecule has 31 heavy (non-hydrogen) atoms. The molecule has 0 amide bonds. The zero-order valence-corrected chi connectivity index (χ0v) is 16.8. The van der Waals surface area contributed by atoms with Crippen molar-refractivity contribution in [3.05, 3.63) is 63.4 Å². The number of carboxylic acids is 1. The average Bonchev–Trinajstić information content (AvgIpc) is 3.51. The molecule has 3 aromatic rings. The van der Waals surface area contributed by atoms with E-state index in [2.05, 4.69) is 12.2 Å². The first kappa shape index (κ1) is 19.7. The summed E-state index contributed by atoms with van der Waals surface area (Å²) in [7, 11) is 0. The maximum Gasteiger partial charge on any atom is 0.387 e. The number of ether oxygens (including phenoxy) is 1. The normalized spacial score (nSPS) is 17.9. The molecule has 1 saturated carbocycles. The molecule has 6 nitrogen and oxygen atoms in total. The Kier molecular flexibility index (Phi) is 4.55. The lowest BCUT2D eigenvalue weighted by Gasteiger charge is -2.19. The third kappa shape index (κ3) is 3.27. The van der Waals surface area contributed by atoms with E-state index in [1.54, 1.807) is 10.6 Å². The van der Waals surface area contributed by atoms with Crippen LogP contribution in [0.15, 0.2) is 41.3 Å². The fourth-order valence-corrected chi connectivity index (χ4v) is 4.47. The number of fused-ring (bicyclic) bond motifs is 2. The highest BCUT2D eigenvalue weighted by Gasteiger charge is 2.30. The van der Waals surface area contributed by atoms with Crippen LogP contribution in [0.3, 0.4) is 0 Å². The van der Waals surface area contributed by atoms with Crippen LogP contribution in [0.4, 0.5) is 8.78 Å². The van der Waals surface area contributed by atoms with Crippen LogP contribution in [0.2, 0.25) is 0 Å². The first-order chi connectivity index (χ1) is 14.8. The second kappa shape index (κ2) is 7.16. The fourth-order valence-electron chi connectivity index (χ4n) is 4.47. The van der Waals surface area contributed by atoms with Gasteiger partial charge < -0.3 is 19.7 Å². The standard InChI is InChI=1S/C23H20F2N2O4/c1-11-15-5-2-12(8-13(15)9-26-11)16-6-7-17-19(21(16)31-23(24)25)27(14-3-4-14)10-18(20(17)28)22(29)30/h2,5-8,10-11,14,23,26H,3-4,9H2,1H3,(H,29,30)/p+1/t11-/m1/s1. The summed E-state index contributed by atoms with van der Waals surface area (Å²) in [6, 6.07) is 9.21. The average molecular weight is 427 g/mol. The molecule has 3 N–H and O–H groups in total. The second-order valence-corrected chi connectivity index (χ2v) is 8.17. The Hall–Kier alpha value is -3.26. The molecule has 0 radical (unpaired) electrons. The number of benzene rings is 2. The van der Waals surface area contributed by atoms with Crippen LogP contribution in [0, 0.1) is 0 Å². The Morgan fingerprint density at radius 3 is 2.71 bits per heavy atom. The lowest BCUT2D eigenvalue weighted by Crippen LogP contribution is -2.79. The van der Waals surface area contributed by atoms with Crippen LogP contribution < -0.4 is 15.5 Å². The highest BCUT2D eigenvalue weighted by Crippen LogP contribution is 2.43. The molecule has 0 bridgehead atoms. The molecule has 5 rings (SSSR count). The highest BCUT2D eigenvalue weighted by molar-refractivity contribution is 5.97. The van der Waals surface area contributed by atoms with Crippen molar-refractivity contribution in [1.29, 1.82) is 0 Å². The molecule has 2 heterocycles. The predicted molar refractivity (Wildman–Crippen MR) is 110 cm³/mol. The number of nitrogens with zero attached hydrogens (tertiary/aromatic N) is 1. The topological polar surface area (TPSA) is 85.1 Å². The quantitative estimate of drug-likeness (QED) is 0.653. The van der Waals surface area contributed by atoms with E-state index in [0.29, 0.717) is 11.6 Å². The van der Waals surface area contributed by atoms with Gasteiger partial charge in [-0.05, 0) is 43.5 Å². The van der Waals surface area contributed by atoms with Crippen molar-refractivity contribution >= 4 is 16.9 Å². The molecule has 2 aromatic carbocycles. The molecule has 2 aliphatic rings. The van der Waals surface area contributed by atoms with Crippen LogP contribution in [-0.4, -0.2) is 22.3 Å². The molecule has 1 aromatic heterocycles. The predicted octanol–water partition coefficient (Wildman–Crippen LogP) is 3.44. The van der Waals surface area contributed by atoms with Crippen LogP contribution in [-0.2, 0) is 6.54 Å². The van der Waals surface area contributed by atoms with Gasteiger partial charge >= 0.3 is 12.6 Å². The summed E-state index contributed by atoms with van der Waals surface area (Å²) < 4.78 is 33.5. The molecule has 1 aliphatic carbocycles. The molecule has 0 spiro atoms. The number of nitrogens with two attached hydrogens (primary N) is 1. The van der Waals surface area contributed by atoms with Gasteiger partial charge in [0, 0.05) is 28.9 Å². The summed E-state index contributed by atoms with van der Waals surface area (Å²) in [6.45, 7) is -0.173. The molecule has 1 fully saturated rings. The molecule has 160 valence electrons. The van der Waals surface area contributed by atoms with Crippen molar-refractivity contribution < 1.29 is 28.7 Å². The molecule has 1 atom stereocenters. The number of carbonyl (C=O) groups is 1. The SMILES string of the molecule is C[C@H]1[NH2+]Cc2cc(-c3ccc4c(=O)c(C(=O)O)cn(C5CC5)c4c3OC(F)F)ccc21. The van der Waals surface area contributed by atoms with Gasteiger partial charge in [0.05, 0.1) is 10.9 Å². The van der Waals surface area contributed by atoms with Gasteiger partial charge in [-0.25, -0.2) is 4.79 Å². The van der Waals surface area contributed by atoms with Gasteiger partial charge in [-0.1, -0.05) is 12.1 Å². The Balaban J connectivity index is 1.80. The van der Waals surface area contributed by atoms with Crippen molar-refractivity contribution in [2.75, 3.05) is 0 Å². The number of hydrogen-bond donors (Lipinski definition) is 2. The van der Waals surface area contributed by atoms with Crippen molar-refractivity contribution in [3.8, 4) is 16.9 Å². The van der Waals surface area contributed by atoms with Gasteiger partial charge in [0.1, 0.15) is 18.2 Å². The monoisotopic (exact) mass is 427 g/mol. The van der Waals surface area contributed by atoms with Crippen LogP contribution in [0.5, 0.6) is 5.75 Å². The van der Waals surface area contributed by atoms with E-state index in [0.717, 1.165) is 30.5 Å². The van der Waals surface area contributed by atoms with Crippen LogP contribution in [0.25, 0.3) is 22.0 Å². The smallest absolute Gasteiger partial charge is 0.387 e. The Morgan fingerprint density at radius 1 is 1.26 bits per heavy atom. The number of quaternary nitrogens is 1. The van der Waals surface area contributed by atoms with E-state index in [-0.39, 0.29) is 28.3 Å². The Bertz CT molecular complexity index is 1280. The van der Waals surface area contributed by atoms with Crippen molar-refractivity contribution in [2.24, 2.45) is 0 Å². The second-order valence-electron chi connectivity index (χ2n) is 8.17. The van der Waals surface area contributed by atoms with E-state index in [4.69, 9.17) is 4.74 Å². The lowest BCUT2D eigenvalue weighted by molar-refractivity contribution is -0.697. The summed E-state index contributed by atoms with van der Waals surface area (Å²) in [5, 5.41) is 11.7. The number of hydrogen-bond acceptors (Lipinski definition) is 3. The van der Waals surface area contributed by atoms with E-state index in [1.165, 1.54) is 17.8 Å². The zero-order valence-electron chi connectivity index (χ0n) is 16.8. The number of aromatic carboxylic acids is 1. The number of aromatic nitrogens is 1. The van der Waals surface area contributed by atoms with Gasteiger partial charge in [-0.3, -0.25) is 4.79 Å². The molecule has 1 aliphatic heterocycles. The van der Waals surface area contributed by atoms with Crippen molar-refractivity contribution in [1.82, 2.24) is 4.57 Å². The van der Waals surface area contributed by atoms with E-state index in [9.17, 15) is 23.5 Å². The molecular weight excluding hydrogens is 406 g/mol. The first-order valence-electron chi connectivity index (χ1n) is 10.2. The van der Waals surface area contributed by atoms with Crippen molar-refractivity contribution in [2.45, 2.75) is 45.0 Å². The summed E-state index contributed by atoms with van der Waals surface area (Å²) in [5.41, 5.74) is 2.65. The van der Waals surface area contributed by atoms with Gasteiger partial charge in [-0.2, -0.15) is 8.78 Å². The summed E-state index contributed by atoms with van der Waals surface area (Å²) in [4.78, 5) is 24.4. The number of carboxylic acid groups (broad SMARTS) is 1. The summed E-state index contributed by atoms with van der Waals surface area (Å²) in [6.07, 6.45) is 2.82. The largest absolute Gasteiger partial charge is 0.477 e. The molecule has 8 heteroatoms. The van der Waals surface area contributed by atoms with Gasteiger partial charge in [0.25, 0.3) is 0 Å². The first-order valence-corrected chi connectivity index (χ1v) is 10.2. The van der Waals surface area contributed by atoms with E-state index < -0.39 is 18.0 Å².